The van der Waals surface area contributed by atoms with Crippen LogP contribution in [0.2, 0.25) is 0 Å². The topological polar surface area (TPSA) is 76.0 Å². The molecule has 0 fully saturated rings. The average molecular weight is 372 g/mol. The van der Waals surface area contributed by atoms with Gasteiger partial charge in [0.2, 0.25) is 0 Å². The third-order valence-electron chi connectivity index (χ3n) is 4.29. The quantitative estimate of drug-likeness (QED) is 0.491. The fraction of sp³-hybridized carbons (Fsp3) is 0.0909. The minimum absolute atomic E-state index is 0.243. The van der Waals surface area contributed by atoms with E-state index in [0.29, 0.717) is 6.61 Å². The number of hydrogen-bond donors (Lipinski definition) is 2. The van der Waals surface area contributed by atoms with Crippen LogP contribution in [0.5, 0.6) is 11.5 Å². The predicted octanol–water partition coefficient (Wildman–Crippen LogP) is 4.38. The molecule has 2 heterocycles. The molecule has 6 nitrogen and oxygen atoms in total. The molecule has 6 heteroatoms. The molecule has 0 spiro atoms. The fourth-order valence-electron chi connectivity index (χ4n) is 2.87. The van der Waals surface area contributed by atoms with Gasteiger partial charge in [-0.1, -0.05) is 24.3 Å². The molecule has 2 N–H and O–H groups in total. The van der Waals surface area contributed by atoms with Gasteiger partial charge in [-0.2, -0.15) is 0 Å². The second-order valence-electron chi connectivity index (χ2n) is 6.19. The molecule has 0 saturated carbocycles. The summed E-state index contributed by atoms with van der Waals surface area (Å²) in [4.78, 5) is 11.4. The summed E-state index contributed by atoms with van der Waals surface area (Å²) in [6, 6.07) is 22.7. The van der Waals surface area contributed by atoms with Crippen molar-refractivity contribution in [3.05, 3.63) is 85.5 Å². The molecule has 0 radical (unpaired) electrons. The Morgan fingerprint density at radius 3 is 2.43 bits per heavy atom. The van der Waals surface area contributed by atoms with E-state index < -0.39 is 0 Å². The number of phenols is 1. The number of aromatic hydroxyl groups is 1. The monoisotopic (exact) mass is 372 g/mol. The number of nitrogens with zero attached hydrogens (tertiary/aromatic N) is 3. The first kappa shape index (κ1) is 17.6. The molecule has 28 heavy (non-hydrogen) atoms. The third kappa shape index (κ3) is 4.12. The first-order valence-electron chi connectivity index (χ1n) is 8.99. The SMILES string of the molecule is Oc1ccc(OCCn2cnc3ccccc32)cc1.c1ccc2[nH]cnc2c1. The Morgan fingerprint density at radius 2 is 1.61 bits per heavy atom. The minimum Gasteiger partial charge on any atom is -0.508 e. The number of aromatic nitrogens is 4. The van der Waals surface area contributed by atoms with Crippen LogP contribution in [0.1, 0.15) is 0 Å². The van der Waals surface area contributed by atoms with Gasteiger partial charge in [0.05, 0.1) is 41.3 Å². The molecule has 0 bridgehead atoms. The molecule has 5 rings (SSSR count). The lowest BCUT2D eigenvalue weighted by Gasteiger charge is -2.07. The van der Waals surface area contributed by atoms with Crippen LogP contribution < -0.4 is 4.74 Å². The Morgan fingerprint density at radius 1 is 0.857 bits per heavy atom. The van der Waals surface area contributed by atoms with Crippen LogP contribution in [0.4, 0.5) is 0 Å². The summed E-state index contributed by atoms with van der Waals surface area (Å²) >= 11 is 0. The number of imidazole rings is 2. The number of H-pyrrole nitrogens is 1. The van der Waals surface area contributed by atoms with Crippen LogP contribution in [0.15, 0.2) is 85.5 Å². The van der Waals surface area contributed by atoms with Crippen LogP contribution in [-0.4, -0.2) is 31.2 Å². The van der Waals surface area contributed by atoms with Crippen LogP contribution in [0, 0.1) is 0 Å². The molecule has 3 aromatic carbocycles. The number of benzene rings is 3. The second-order valence-corrected chi connectivity index (χ2v) is 6.19. The lowest BCUT2D eigenvalue weighted by Crippen LogP contribution is -2.07. The second kappa shape index (κ2) is 8.26. The van der Waals surface area contributed by atoms with Gasteiger partial charge in [-0.25, -0.2) is 9.97 Å². The van der Waals surface area contributed by atoms with Gasteiger partial charge < -0.3 is 19.4 Å². The van der Waals surface area contributed by atoms with E-state index in [4.69, 9.17) is 4.74 Å². The largest absolute Gasteiger partial charge is 0.508 e. The summed E-state index contributed by atoms with van der Waals surface area (Å²) in [6.45, 7) is 1.30. The lowest BCUT2D eigenvalue weighted by molar-refractivity contribution is 0.299. The summed E-state index contributed by atoms with van der Waals surface area (Å²) < 4.78 is 7.69. The fourth-order valence-corrected chi connectivity index (χ4v) is 2.87. The van der Waals surface area contributed by atoms with Gasteiger partial charge in [0, 0.05) is 0 Å². The Bertz CT molecular complexity index is 1130. The number of phenolic OH excluding ortho intramolecular Hbond substituents is 1. The maximum Gasteiger partial charge on any atom is 0.119 e. The number of rotatable bonds is 4. The van der Waals surface area contributed by atoms with Crippen molar-refractivity contribution < 1.29 is 9.84 Å². The summed E-state index contributed by atoms with van der Waals surface area (Å²) in [7, 11) is 0. The van der Waals surface area contributed by atoms with E-state index in [9.17, 15) is 5.11 Å². The van der Waals surface area contributed by atoms with Crippen LogP contribution in [0.25, 0.3) is 22.1 Å². The molecular weight excluding hydrogens is 352 g/mol. The van der Waals surface area contributed by atoms with Crippen molar-refractivity contribution >= 4 is 22.1 Å². The van der Waals surface area contributed by atoms with Crippen molar-refractivity contribution in [2.45, 2.75) is 6.54 Å². The highest BCUT2D eigenvalue weighted by atomic mass is 16.5. The zero-order valence-electron chi connectivity index (χ0n) is 15.2. The van der Waals surface area contributed by atoms with E-state index in [0.717, 1.165) is 34.4 Å². The zero-order valence-corrected chi connectivity index (χ0v) is 15.2. The van der Waals surface area contributed by atoms with Gasteiger partial charge in [0.25, 0.3) is 0 Å². The number of fused-ring (bicyclic) bond motifs is 2. The first-order chi connectivity index (χ1) is 13.8. The molecular formula is C22H20N4O2. The average Bonchev–Trinajstić information content (AvgIpc) is 3.37. The van der Waals surface area contributed by atoms with Crippen molar-refractivity contribution in [2.75, 3.05) is 6.61 Å². The van der Waals surface area contributed by atoms with E-state index in [2.05, 4.69) is 19.5 Å². The molecule has 0 aliphatic rings. The summed E-state index contributed by atoms with van der Waals surface area (Å²) in [6.07, 6.45) is 3.52. The number of hydrogen-bond acceptors (Lipinski definition) is 4. The van der Waals surface area contributed by atoms with E-state index in [1.165, 1.54) is 0 Å². The van der Waals surface area contributed by atoms with Crippen molar-refractivity contribution in [3.63, 3.8) is 0 Å². The number of para-hydroxylation sites is 4. The summed E-state index contributed by atoms with van der Waals surface area (Å²) in [5.74, 6) is 0.996. The zero-order chi connectivity index (χ0) is 19.2. The van der Waals surface area contributed by atoms with Crippen molar-refractivity contribution in [1.82, 2.24) is 19.5 Å². The minimum atomic E-state index is 0.243. The van der Waals surface area contributed by atoms with Crippen molar-refractivity contribution in [3.8, 4) is 11.5 Å². The first-order valence-corrected chi connectivity index (χ1v) is 8.99. The van der Waals surface area contributed by atoms with Gasteiger partial charge in [-0.05, 0) is 48.5 Å². The molecule has 0 atom stereocenters. The standard InChI is InChI=1S/C15H14N2O2.C7H6N2/c18-12-5-7-13(8-6-12)19-10-9-17-11-16-14-3-1-2-4-15(14)17;1-2-4-7-6(3-1)8-5-9-7/h1-8,11,18H,9-10H2;1-5H,(H,8,9). The third-order valence-corrected chi connectivity index (χ3v) is 4.29. The maximum atomic E-state index is 9.18. The van der Waals surface area contributed by atoms with Crippen LogP contribution >= 0.6 is 0 Å². The van der Waals surface area contributed by atoms with Crippen molar-refractivity contribution in [1.29, 1.82) is 0 Å². The molecule has 0 aliphatic heterocycles. The Kier molecular flexibility index (Phi) is 5.20. The van der Waals surface area contributed by atoms with E-state index in [1.54, 1.807) is 30.6 Å². The Balaban J connectivity index is 0.000000177. The Labute approximate surface area is 162 Å². The Hall–Kier alpha value is -3.80. The van der Waals surface area contributed by atoms with Gasteiger partial charge in [-0.3, -0.25) is 0 Å². The molecule has 2 aromatic heterocycles. The van der Waals surface area contributed by atoms with E-state index >= 15 is 0 Å². The van der Waals surface area contributed by atoms with Gasteiger partial charge in [0.1, 0.15) is 18.1 Å². The van der Waals surface area contributed by atoms with E-state index in [1.807, 2.05) is 54.9 Å². The highest BCUT2D eigenvalue weighted by Gasteiger charge is 2.01. The predicted molar refractivity (Wildman–Crippen MR) is 109 cm³/mol. The van der Waals surface area contributed by atoms with Gasteiger partial charge in [0.15, 0.2) is 0 Å². The highest BCUT2D eigenvalue weighted by Crippen LogP contribution is 2.16. The molecule has 140 valence electrons. The summed E-state index contributed by atoms with van der Waals surface area (Å²) in [5.41, 5.74) is 4.22. The number of aromatic amines is 1. The number of nitrogens with one attached hydrogen (secondary N) is 1. The summed E-state index contributed by atoms with van der Waals surface area (Å²) in [5, 5.41) is 9.18. The van der Waals surface area contributed by atoms with Crippen LogP contribution in [0.3, 0.4) is 0 Å². The lowest BCUT2D eigenvalue weighted by atomic mass is 10.3. The maximum absolute atomic E-state index is 9.18. The molecule has 0 aliphatic carbocycles. The van der Waals surface area contributed by atoms with E-state index in [-0.39, 0.29) is 5.75 Å². The van der Waals surface area contributed by atoms with Gasteiger partial charge >= 0.3 is 0 Å². The number of ether oxygens (including phenoxy) is 1. The van der Waals surface area contributed by atoms with Crippen molar-refractivity contribution in [2.24, 2.45) is 0 Å². The molecule has 5 aromatic rings. The van der Waals surface area contributed by atoms with Crippen LogP contribution in [-0.2, 0) is 6.54 Å². The smallest absolute Gasteiger partial charge is 0.119 e. The molecule has 0 amide bonds. The highest BCUT2D eigenvalue weighted by molar-refractivity contribution is 5.75. The normalized spacial score (nSPS) is 10.6. The molecule has 0 saturated heterocycles. The molecule has 0 unspecified atom stereocenters. The van der Waals surface area contributed by atoms with Gasteiger partial charge in [-0.15, -0.1) is 0 Å².